The van der Waals surface area contributed by atoms with E-state index in [2.05, 4.69) is 4.72 Å². The SMILES string of the molecule is O=S(=O)(Nc1ccc(F)c(Cl)c1)c1ccc(F)c(Cl)c1. The Morgan fingerprint density at radius 1 is 0.900 bits per heavy atom. The Morgan fingerprint density at radius 3 is 2.00 bits per heavy atom. The second-order valence-corrected chi connectivity index (χ2v) is 6.31. The van der Waals surface area contributed by atoms with Gasteiger partial charge in [-0.15, -0.1) is 0 Å². The zero-order chi connectivity index (χ0) is 14.9. The molecular formula is C12H7Cl2F2NO2S. The minimum Gasteiger partial charge on any atom is -0.280 e. The van der Waals surface area contributed by atoms with Crippen LogP contribution in [0.25, 0.3) is 0 Å². The molecule has 2 aromatic carbocycles. The van der Waals surface area contributed by atoms with Gasteiger partial charge in [-0.2, -0.15) is 0 Å². The average Bonchev–Trinajstić information content (AvgIpc) is 2.37. The van der Waals surface area contributed by atoms with E-state index in [4.69, 9.17) is 23.2 Å². The van der Waals surface area contributed by atoms with Crippen molar-refractivity contribution in [3.8, 4) is 0 Å². The fourth-order valence-electron chi connectivity index (χ4n) is 1.42. The molecule has 3 nitrogen and oxygen atoms in total. The van der Waals surface area contributed by atoms with Crippen molar-refractivity contribution in [3.63, 3.8) is 0 Å². The number of benzene rings is 2. The van der Waals surface area contributed by atoms with Gasteiger partial charge in [0.2, 0.25) is 0 Å². The molecule has 0 fully saturated rings. The summed E-state index contributed by atoms with van der Waals surface area (Å²) in [5, 5.41) is -0.535. The van der Waals surface area contributed by atoms with Gasteiger partial charge in [0.15, 0.2) is 0 Å². The molecule has 0 aliphatic carbocycles. The van der Waals surface area contributed by atoms with Crippen molar-refractivity contribution in [2.75, 3.05) is 4.72 Å². The van der Waals surface area contributed by atoms with Crippen LogP contribution in [0.2, 0.25) is 10.0 Å². The molecule has 0 aliphatic rings. The number of hydrogen-bond donors (Lipinski definition) is 1. The smallest absolute Gasteiger partial charge is 0.261 e. The first kappa shape index (κ1) is 15.0. The summed E-state index contributed by atoms with van der Waals surface area (Å²) in [6.07, 6.45) is 0. The first-order valence-electron chi connectivity index (χ1n) is 5.22. The third-order valence-corrected chi connectivity index (χ3v) is 4.33. The van der Waals surface area contributed by atoms with Crippen LogP contribution in [-0.2, 0) is 10.0 Å². The van der Waals surface area contributed by atoms with Crippen LogP contribution >= 0.6 is 23.2 Å². The summed E-state index contributed by atoms with van der Waals surface area (Å²) in [6.45, 7) is 0. The highest BCUT2D eigenvalue weighted by Crippen LogP contribution is 2.24. The van der Waals surface area contributed by atoms with E-state index >= 15 is 0 Å². The quantitative estimate of drug-likeness (QED) is 0.917. The lowest BCUT2D eigenvalue weighted by Crippen LogP contribution is -2.13. The number of hydrogen-bond acceptors (Lipinski definition) is 2. The molecule has 2 rings (SSSR count). The van der Waals surface area contributed by atoms with Crippen LogP contribution in [0, 0.1) is 11.6 Å². The summed E-state index contributed by atoms with van der Waals surface area (Å²) in [5.74, 6) is -1.39. The largest absolute Gasteiger partial charge is 0.280 e. The zero-order valence-corrected chi connectivity index (χ0v) is 12.0. The lowest BCUT2D eigenvalue weighted by molar-refractivity contribution is 0.599. The normalized spacial score (nSPS) is 11.4. The zero-order valence-electron chi connectivity index (χ0n) is 9.70. The van der Waals surface area contributed by atoms with Crippen LogP contribution in [0.15, 0.2) is 41.3 Å². The standard InChI is InChI=1S/C12H7Cl2F2NO2S/c13-9-5-7(1-3-11(9)15)17-20(18,19)8-2-4-12(16)10(14)6-8/h1-6,17H. The topological polar surface area (TPSA) is 46.2 Å². The van der Waals surface area contributed by atoms with E-state index in [1.54, 1.807) is 0 Å². The van der Waals surface area contributed by atoms with E-state index in [1.807, 2.05) is 0 Å². The molecule has 20 heavy (non-hydrogen) atoms. The summed E-state index contributed by atoms with van der Waals surface area (Å²) in [5.41, 5.74) is 0.0804. The molecule has 2 aromatic rings. The van der Waals surface area contributed by atoms with Crippen LogP contribution in [0.1, 0.15) is 0 Å². The van der Waals surface area contributed by atoms with Crippen LogP contribution in [0.3, 0.4) is 0 Å². The Morgan fingerprint density at radius 2 is 1.45 bits per heavy atom. The molecule has 0 saturated heterocycles. The predicted octanol–water partition coefficient (Wildman–Crippen LogP) is 4.07. The summed E-state index contributed by atoms with van der Waals surface area (Å²) in [4.78, 5) is -0.218. The van der Waals surface area contributed by atoms with E-state index in [0.29, 0.717) is 0 Å². The highest BCUT2D eigenvalue weighted by atomic mass is 35.5. The molecule has 0 aromatic heterocycles. The third kappa shape index (κ3) is 3.20. The van der Waals surface area contributed by atoms with Gasteiger partial charge in [-0.1, -0.05) is 23.2 Å². The summed E-state index contributed by atoms with van der Waals surface area (Å²) < 4.78 is 52.2. The number of halogens is 4. The fourth-order valence-corrected chi connectivity index (χ4v) is 2.92. The van der Waals surface area contributed by atoms with Crippen molar-refractivity contribution in [2.45, 2.75) is 4.90 Å². The summed E-state index contributed by atoms with van der Waals surface area (Å²) in [6, 6.07) is 6.34. The van der Waals surface area contributed by atoms with Crippen LogP contribution < -0.4 is 4.72 Å². The molecule has 0 saturated carbocycles. The Bertz CT molecular complexity index is 766. The number of anilines is 1. The number of sulfonamides is 1. The molecule has 0 bridgehead atoms. The molecule has 1 N–H and O–H groups in total. The van der Waals surface area contributed by atoms with Gasteiger partial charge < -0.3 is 0 Å². The maximum absolute atomic E-state index is 13.0. The number of nitrogens with one attached hydrogen (secondary N) is 1. The molecule has 0 unspecified atom stereocenters. The Labute approximate surface area is 124 Å². The second-order valence-electron chi connectivity index (χ2n) is 3.81. The number of rotatable bonds is 3. The molecule has 8 heteroatoms. The maximum Gasteiger partial charge on any atom is 0.261 e. The lowest BCUT2D eigenvalue weighted by atomic mass is 10.3. The van der Waals surface area contributed by atoms with Gasteiger partial charge in [-0.3, -0.25) is 4.72 Å². The van der Waals surface area contributed by atoms with Gasteiger partial charge in [-0.25, -0.2) is 17.2 Å². The second kappa shape index (κ2) is 5.55. The van der Waals surface area contributed by atoms with Gasteiger partial charge in [0.05, 0.1) is 20.6 Å². The van der Waals surface area contributed by atoms with Crippen LogP contribution in [-0.4, -0.2) is 8.42 Å². The molecule has 0 radical (unpaired) electrons. The Balaban J connectivity index is 2.35. The minimum absolute atomic E-state index is 0.0804. The molecular weight excluding hydrogens is 331 g/mol. The van der Waals surface area contributed by atoms with Gasteiger partial charge in [-0.05, 0) is 36.4 Å². The van der Waals surface area contributed by atoms with Crippen molar-refractivity contribution in [3.05, 3.63) is 58.1 Å². The average molecular weight is 338 g/mol. The summed E-state index contributed by atoms with van der Waals surface area (Å²) >= 11 is 11.1. The van der Waals surface area contributed by atoms with Gasteiger partial charge >= 0.3 is 0 Å². The highest BCUT2D eigenvalue weighted by Gasteiger charge is 2.16. The molecule has 106 valence electrons. The Kier molecular flexibility index (Phi) is 4.17. The molecule has 0 spiro atoms. The monoisotopic (exact) mass is 337 g/mol. The van der Waals surface area contributed by atoms with Crippen LogP contribution in [0.5, 0.6) is 0 Å². The Hall–Kier alpha value is -1.37. The molecule has 0 amide bonds. The first-order valence-corrected chi connectivity index (χ1v) is 7.46. The molecule has 0 heterocycles. The third-order valence-electron chi connectivity index (χ3n) is 2.37. The van der Waals surface area contributed by atoms with Crippen molar-refractivity contribution < 1.29 is 17.2 Å². The van der Waals surface area contributed by atoms with Gasteiger partial charge in [0.25, 0.3) is 10.0 Å². The van der Waals surface area contributed by atoms with E-state index in [0.717, 1.165) is 30.3 Å². The van der Waals surface area contributed by atoms with Gasteiger partial charge in [0, 0.05) is 0 Å². The molecule has 0 atom stereocenters. The van der Waals surface area contributed by atoms with E-state index in [1.165, 1.54) is 6.07 Å². The van der Waals surface area contributed by atoms with E-state index < -0.39 is 21.7 Å². The minimum atomic E-state index is -3.96. The van der Waals surface area contributed by atoms with E-state index in [9.17, 15) is 17.2 Å². The molecule has 0 aliphatic heterocycles. The van der Waals surface area contributed by atoms with Crippen LogP contribution in [0.4, 0.5) is 14.5 Å². The van der Waals surface area contributed by atoms with Crippen molar-refractivity contribution in [1.82, 2.24) is 0 Å². The van der Waals surface area contributed by atoms with Crippen molar-refractivity contribution >= 4 is 38.9 Å². The maximum atomic E-state index is 13.0. The lowest BCUT2D eigenvalue weighted by Gasteiger charge is -2.09. The van der Waals surface area contributed by atoms with Crippen molar-refractivity contribution in [1.29, 1.82) is 0 Å². The summed E-state index contributed by atoms with van der Waals surface area (Å²) in [7, 11) is -3.96. The predicted molar refractivity (Wildman–Crippen MR) is 73.6 cm³/mol. The van der Waals surface area contributed by atoms with E-state index in [-0.39, 0.29) is 20.6 Å². The highest BCUT2D eigenvalue weighted by molar-refractivity contribution is 7.92. The van der Waals surface area contributed by atoms with Gasteiger partial charge in [0.1, 0.15) is 11.6 Å². The first-order chi connectivity index (χ1) is 9.29. The fraction of sp³-hybridized carbons (Fsp3) is 0. The van der Waals surface area contributed by atoms with Crippen molar-refractivity contribution in [2.24, 2.45) is 0 Å².